The summed E-state index contributed by atoms with van der Waals surface area (Å²) in [5.74, 6) is -0.0648. The van der Waals surface area contributed by atoms with Gasteiger partial charge in [0.25, 0.3) is 0 Å². The summed E-state index contributed by atoms with van der Waals surface area (Å²) in [6.45, 7) is 1.22. The maximum atomic E-state index is 11.0. The fourth-order valence-electron chi connectivity index (χ4n) is 1.15. The summed E-state index contributed by atoms with van der Waals surface area (Å²) in [5.41, 5.74) is 1.82. The zero-order chi connectivity index (χ0) is 9.84. The molecule has 13 heavy (non-hydrogen) atoms. The van der Waals surface area contributed by atoms with E-state index in [1.165, 1.54) is 6.92 Å². The average molecular weight is 180 g/mol. The van der Waals surface area contributed by atoms with Crippen LogP contribution in [-0.2, 0) is 13.2 Å². The van der Waals surface area contributed by atoms with Crippen LogP contribution >= 0.6 is 0 Å². The topological polar surface area (TPSA) is 57.5 Å². The van der Waals surface area contributed by atoms with Crippen LogP contribution in [-0.4, -0.2) is 16.0 Å². The van der Waals surface area contributed by atoms with Crippen LogP contribution in [0.25, 0.3) is 0 Å². The predicted octanol–water partition coefficient (Wildman–Crippen LogP) is 0.874. The Kier molecular flexibility index (Phi) is 3.17. The van der Waals surface area contributed by atoms with Crippen LogP contribution < -0.4 is 0 Å². The van der Waals surface area contributed by atoms with Crippen molar-refractivity contribution < 1.29 is 15.0 Å². The Morgan fingerprint density at radius 1 is 1.15 bits per heavy atom. The van der Waals surface area contributed by atoms with Gasteiger partial charge in [0, 0.05) is 5.56 Å². The molecule has 0 aliphatic rings. The molecule has 0 aliphatic heterocycles. The molecule has 3 nitrogen and oxygen atoms in total. The second kappa shape index (κ2) is 4.16. The van der Waals surface area contributed by atoms with E-state index in [-0.39, 0.29) is 19.0 Å². The smallest absolute Gasteiger partial charge is 0.159 e. The molecule has 0 saturated heterocycles. The maximum absolute atomic E-state index is 11.0. The van der Waals surface area contributed by atoms with Gasteiger partial charge in [-0.15, -0.1) is 0 Å². The number of ketones is 1. The molecule has 0 bridgehead atoms. The Labute approximate surface area is 76.6 Å². The number of Topliss-reactive ketones (excluding diaryl/α,β-unsaturated/α-hetero) is 1. The number of carbonyl (C=O) groups is 1. The summed E-state index contributed by atoms with van der Waals surface area (Å²) >= 11 is 0. The zero-order valence-corrected chi connectivity index (χ0v) is 7.45. The van der Waals surface area contributed by atoms with Crippen LogP contribution in [0.1, 0.15) is 28.4 Å². The molecule has 0 fully saturated rings. The van der Waals surface area contributed by atoms with E-state index in [2.05, 4.69) is 0 Å². The van der Waals surface area contributed by atoms with Gasteiger partial charge in [-0.1, -0.05) is 6.07 Å². The van der Waals surface area contributed by atoms with Crippen molar-refractivity contribution in [3.63, 3.8) is 0 Å². The molecule has 0 aliphatic carbocycles. The molecule has 3 heteroatoms. The van der Waals surface area contributed by atoms with Gasteiger partial charge in [-0.25, -0.2) is 0 Å². The van der Waals surface area contributed by atoms with Crippen molar-refractivity contribution in [3.8, 4) is 0 Å². The van der Waals surface area contributed by atoms with E-state index >= 15 is 0 Å². The Balaban J connectivity index is 3.14. The lowest BCUT2D eigenvalue weighted by Gasteiger charge is -2.03. The van der Waals surface area contributed by atoms with E-state index in [9.17, 15) is 4.79 Å². The lowest BCUT2D eigenvalue weighted by atomic mass is 10.0. The van der Waals surface area contributed by atoms with Gasteiger partial charge in [0.15, 0.2) is 5.78 Å². The highest BCUT2D eigenvalue weighted by molar-refractivity contribution is 5.94. The van der Waals surface area contributed by atoms with Crippen molar-refractivity contribution in [2.45, 2.75) is 20.1 Å². The van der Waals surface area contributed by atoms with Gasteiger partial charge < -0.3 is 10.2 Å². The molecule has 0 radical (unpaired) electrons. The number of rotatable bonds is 3. The molecule has 0 saturated carbocycles. The number of carbonyl (C=O) groups excluding carboxylic acids is 1. The first kappa shape index (κ1) is 9.89. The van der Waals surface area contributed by atoms with Gasteiger partial charge >= 0.3 is 0 Å². The molecule has 0 amide bonds. The van der Waals surface area contributed by atoms with Crippen molar-refractivity contribution in [1.82, 2.24) is 0 Å². The van der Waals surface area contributed by atoms with Crippen LogP contribution in [0, 0.1) is 0 Å². The Hall–Kier alpha value is -1.19. The molecule has 0 unspecified atom stereocenters. The van der Waals surface area contributed by atoms with Crippen LogP contribution in [0.5, 0.6) is 0 Å². The van der Waals surface area contributed by atoms with Gasteiger partial charge in [-0.05, 0) is 30.2 Å². The van der Waals surface area contributed by atoms with Crippen LogP contribution in [0.4, 0.5) is 0 Å². The molecule has 0 atom stereocenters. The van der Waals surface area contributed by atoms with Crippen LogP contribution in [0.2, 0.25) is 0 Å². The molecule has 1 aromatic rings. The van der Waals surface area contributed by atoms with Gasteiger partial charge in [0.2, 0.25) is 0 Å². The van der Waals surface area contributed by atoms with Crippen LogP contribution in [0.15, 0.2) is 18.2 Å². The largest absolute Gasteiger partial charge is 0.392 e. The normalized spacial score (nSPS) is 10.1. The number of aliphatic hydroxyl groups is 2. The van der Waals surface area contributed by atoms with Crippen molar-refractivity contribution in [1.29, 1.82) is 0 Å². The first-order valence-corrected chi connectivity index (χ1v) is 4.03. The Bertz CT molecular complexity index is 296. The summed E-state index contributed by atoms with van der Waals surface area (Å²) in [5, 5.41) is 17.7. The quantitative estimate of drug-likeness (QED) is 0.679. The summed E-state index contributed by atoms with van der Waals surface area (Å²) in [4.78, 5) is 11.0. The first-order valence-electron chi connectivity index (χ1n) is 4.03. The average Bonchev–Trinajstić information content (AvgIpc) is 2.16. The predicted molar refractivity (Wildman–Crippen MR) is 48.3 cm³/mol. The van der Waals surface area contributed by atoms with Gasteiger partial charge in [0.1, 0.15) is 0 Å². The molecule has 1 rings (SSSR count). The third-order valence-corrected chi connectivity index (χ3v) is 1.82. The van der Waals surface area contributed by atoms with Crippen molar-refractivity contribution >= 4 is 5.78 Å². The van der Waals surface area contributed by atoms with E-state index in [0.717, 1.165) is 0 Å². The third-order valence-electron chi connectivity index (χ3n) is 1.82. The van der Waals surface area contributed by atoms with E-state index in [0.29, 0.717) is 16.7 Å². The van der Waals surface area contributed by atoms with Gasteiger partial charge in [-0.3, -0.25) is 4.79 Å². The number of aliphatic hydroxyl groups excluding tert-OH is 2. The van der Waals surface area contributed by atoms with Crippen molar-refractivity contribution in [2.75, 3.05) is 0 Å². The highest BCUT2D eigenvalue weighted by atomic mass is 16.3. The lowest BCUT2D eigenvalue weighted by molar-refractivity contribution is 0.101. The summed E-state index contributed by atoms with van der Waals surface area (Å²) in [7, 11) is 0. The third kappa shape index (κ3) is 2.37. The first-order chi connectivity index (χ1) is 6.17. The maximum Gasteiger partial charge on any atom is 0.159 e. The minimum Gasteiger partial charge on any atom is -0.392 e. The summed E-state index contributed by atoms with van der Waals surface area (Å²) < 4.78 is 0. The van der Waals surface area contributed by atoms with Gasteiger partial charge in [-0.2, -0.15) is 0 Å². The highest BCUT2D eigenvalue weighted by Crippen LogP contribution is 2.11. The van der Waals surface area contributed by atoms with E-state index in [1.54, 1.807) is 18.2 Å². The Morgan fingerprint density at radius 3 is 1.92 bits per heavy atom. The second-order valence-electron chi connectivity index (χ2n) is 2.91. The van der Waals surface area contributed by atoms with Gasteiger partial charge in [0.05, 0.1) is 13.2 Å². The molecule has 0 aromatic heterocycles. The van der Waals surface area contributed by atoms with Crippen LogP contribution in [0.3, 0.4) is 0 Å². The summed E-state index contributed by atoms with van der Waals surface area (Å²) in [6.07, 6.45) is 0. The minimum absolute atomic E-state index is 0.0648. The van der Waals surface area contributed by atoms with Crippen molar-refractivity contribution in [3.05, 3.63) is 34.9 Å². The molecule has 0 heterocycles. The lowest BCUT2D eigenvalue weighted by Crippen LogP contribution is -1.97. The fourth-order valence-corrected chi connectivity index (χ4v) is 1.15. The van der Waals surface area contributed by atoms with E-state index in [4.69, 9.17) is 10.2 Å². The number of hydrogen-bond donors (Lipinski definition) is 2. The Morgan fingerprint density at radius 2 is 1.62 bits per heavy atom. The standard InChI is InChI=1S/C10H12O3/c1-7(13)10-3-8(5-11)2-9(4-10)6-12/h2-4,11-12H,5-6H2,1H3. The second-order valence-corrected chi connectivity index (χ2v) is 2.91. The fraction of sp³-hybridized carbons (Fsp3) is 0.300. The molecular formula is C10H12O3. The molecule has 2 N–H and O–H groups in total. The SMILES string of the molecule is CC(=O)c1cc(CO)cc(CO)c1. The van der Waals surface area contributed by atoms with E-state index < -0.39 is 0 Å². The van der Waals surface area contributed by atoms with E-state index in [1.807, 2.05) is 0 Å². The summed E-state index contributed by atoms with van der Waals surface area (Å²) in [6, 6.07) is 4.93. The van der Waals surface area contributed by atoms with Crippen molar-refractivity contribution in [2.24, 2.45) is 0 Å². The highest BCUT2D eigenvalue weighted by Gasteiger charge is 2.03. The molecule has 0 spiro atoms. The zero-order valence-electron chi connectivity index (χ0n) is 7.45. The minimum atomic E-state index is -0.117. The molecule has 1 aromatic carbocycles. The monoisotopic (exact) mass is 180 g/mol. The number of benzene rings is 1. The number of hydrogen-bond acceptors (Lipinski definition) is 3. The molecular weight excluding hydrogens is 168 g/mol. The molecule has 70 valence electrons.